The SMILES string of the molecule is COc1ccc(C(=O)N2CCC(C(=O)N[C@H](C)c3cccc(Cl)c3)CC2)c2ccccc12. The molecule has 0 bridgehead atoms. The number of ether oxygens (including phenoxy) is 1. The van der Waals surface area contributed by atoms with Crippen LogP contribution in [-0.2, 0) is 4.79 Å². The summed E-state index contributed by atoms with van der Waals surface area (Å²) in [5, 5.41) is 5.55. The third-order valence-corrected chi connectivity index (χ3v) is 6.43. The molecule has 0 unspecified atom stereocenters. The van der Waals surface area contributed by atoms with Crippen LogP contribution in [0.5, 0.6) is 5.75 Å². The Morgan fingerprint density at radius 2 is 1.75 bits per heavy atom. The molecule has 0 radical (unpaired) electrons. The molecule has 1 N–H and O–H groups in total. The number of rotatable bonds is 5. The molecule has 3 aromatic carbocycles. The summed E-state index contributed by atoms with van der Waals surface area (Å²) in [5.74, 6) is 0.670. The van der Waals surface area contributed by atoms with Gasteiger partial charge in [-0.1, -0.05) is 48.0 Å². The maximum atomic E-state index is 13.3. The van der Waals surface area contributed by atoms with Gasteiger partial charge in [0.25, 0.3) is 5.91 Å². The maximum Gasteiger partial charge on any atom is 0.254 e. The number of benzene rings is 3. The molecule has 1 fully saturated rings. The van der Waals surface area contributed by atoms with Crippen molar-refractivity contribution >= 4 is 34.2 Å². The number of methoxy groups -OCH3 is 1. The van der Waals surface area contributed by atoms with Gasteiger partial charge >= 0.3 is 0 Å². The molecule has 4 rings (SSSR count). The fourth-order valence-corrected chi connectivity index (χ4v) is 4.54. The van der Waals surface area contributed by atoms with Crippen molar-refractivity contribution in [1.29, 1.82) is 0 Å². The zero-order valence-electron chi connectivity index (χ0n) is 18.3. The zero-order chi connectivity index (χ0) is 22.7. The number of hydrogen-bond acceptors (Lipinski definition) is 3. The van der Waals surface area contributed by atoms with Crippen LogP contribution in [0.2, 0.25) is 5.02 Å². The number of piperidine rings is 1. The largest absolute Gasteiger partial charge is 0.496 e. The third kappa shape index (κ3) is 4.58. The second-order valence-electron chi connectivity index (χ2n) is 8.21. The average molecular weight is 451 g/mol. The van der Waals surface area contributed by atoms with Crippen molar-refractivity contribution in [2.24, 2.45) is 5.92 Å². The summed E-state index contributed by atoms with van der Waals surface area (Å²) in [6, 6.07) is 18.8. The molecule has 166 valence electrons. The number of amides is 2. The molecule has 32 heavy (non-hydrogen) atoms. The van der Waals surface area contributed by atoms with Crippen LogP contribution in [0.3, 0.4) is 0 Å². The van der Waals surface area contributed by atoms with Gasteiger partial charge in [-0.25, -0.2) is 0 Å². The highest BCUT2D eigenvalue weighted by molar-refractivity contribution is 6.30. The molecule has 1 heterocycles. The Bertz CT molecular complexity index is 1140. The zero-order valence-corrected chi connectivity index (χ0v) is 19.1. The number of halogens is 1. The molecular weight excluding hydrogens is 424 g/mol. The Kier molecular flexibility index (Phi) is 6.66. The summed E-state index contributed by atoms with van der Waals surface area (Å²) >= 11 is 6.07. The van der Waals surface area contributed by atoms with Gasteiger partial charge < -0.3 is 15.0 Å². The summed E-state index contributed by atoms with van der Waals surface area (Å²) < 4.78 is 5.44. The first-order valence-electron chi connectivity index (χ1n) is 10.9. The van der Waals surface area contributed by atoms with Crippen LogP contribution in [0.15, 0.2) is 60.7 Å². The fourth-order valence-electron chi connectivity index (χ4n) is 4.34. The predicted octanol–water partition coefficient (Wildman–Crippen LogP) is 5.23. The van der Waals surface area contributed by atoms with E-state index in [0.717, 1.165) is 22.1 Å². The molecule has 0 aromatic heterocycles. The summed E-state index contributed by atoms with van der Waals surface area (Å²) in [6.45, 7) is 3.07. The van der Waals surface area contributed by atoms with Crippen molar-refractivity contribution < 1.29 is 14.3 Å². The van der Waals surface area contributed by atoms with Gasteiger partial charge in [0.05, 0.1) is 13.2 Å². The molecular formula is C26H27ClN2O3. The van der Waals surface area contributed by atoms with Crippen LogP contribution in [0.1, 0.15) is 41.7 Å². The first-order valence-corrected chi connectivity index (χ1v) is 11.3. The van der Waals surface area contributed by atoms with E-state index in [2.05, 4.69) is 5.32 Å². The molecule has 1 atom stereocenters. The molecule has 1 aliphatic heterocycles. The number of nitrogens with one attached hydrogen (secondary N) is 1. The summed E-state index contributed by atoms with van der Waals surface area (Å²) in [7, 11) is 1.63. The van der Waals surface area contributed by atoms with Gasteiger partial charge in [0.2, 0.25) is 5.91 Å². The summed E-state index contributed by atoms with van der Waals surface area (Å²) in [6.07, 6.45) is 1.29. The van der Waals surface area contributed by atoms with Crippen LogP contribution < -0.4 is 10.1 Å². The van der Waals surface area contributed by atoms with Crippen LogP contribution in [0.25, 0.3) is 10.8 Å². The smallest absolute Gasteiger partial charge is 0.254 e. The molecule has 5 nitrogen and oxygen atoms in total. The van der Waals surface area contributed by atoms with Gasteiger partial charge in [0.15, 0.2) is 0 Å². The lowest BCUT2D eigenvalue weighted by atomic mass is 9.94. The van der Waals surface area contributed by atoms with Crippen molar-refractivity contribution in [3.63, 3.8) is 0 Å². The molecule has 1 saturated heterocycles. The van der Waals surface area contributed by atoms with E-state index in [9.17, 15) is 9.59 Å². The van der Waals surface area contributed by atoms with Gasteiger partial charge in [-0.15, -0.1) is 0 Å². The number of likely N-dealkylation sites (tertiary alicyclic amines) is 1. The van der Waals surface area contributed by atoms with E-state index in [1.165, 1.54) is 0 Å². The molecule has 0 saturated carbocycles. The van der Waals surface area contributed by atoms with E-state index in [1.54, 1.807) is 7.11 Å². The minimum Gasteiger partial charge on any atom is -0.496 e. The quantitative estimate of drug-likeness (QED) is 0.579. The van der Waals surface area contributed by atoms with Gasteiger partial charge in [-0.3, -0.25) is 9.59 Å². The van der Waals surface area contributed by atoms with Crippen LogP contribution in [-0.4, -0.2) is 36.9 Å². The monoisotopic (exact) mass is 450 g/mol. The van der Waals surface area contributed by atoms with Crippen molar-refractivity contribution in [3.8, 4) is 5.75 Å². The second kappa shape index (κ2) is 9.61. The molecule has 0 aliphatic carbocycles. The summed E-state index contributed by atoms with van der Waals surface area (Å²) in [4.78, 5) is 27.9. The number of carbonyl (C=O) groups is 2. The number of hydrogen-bond donors (Lipinski definition) is 1. The lowest BCUT2D eigenvalue weighted by Crippen LogP contribution is -2.43. The van der Waals surface area contributed by atoms with Crippen molar-refractivity contribution in [3.05, 3.63) is 76.8 Å². The van der Waals surface area contributed by atoms with Crippen molar-refractivity contribution in [2.75, 3.05) is 20.2 Å². The van der Waals surface area contributed by atoms with Crippen molar-refractivity contribution in [2.45, 2.75) is 25.8 Å². The van der Waals surface area contributed by atoms with Gasteiger partial charge in [0.1, 0.15) is 5.75 Å². The van der Waals surface area contributed by atoms with E-state index >= 15 is 0 Å². The average Bonchev–Trinajstić information content (AvgIpc) is 2.83. The normalized spacial score (nSPS) is 15.4. The Morgan fingerprint density at radius 3 is 2.44 bits per heavy atom. The standard InChI is InChI=1S/C26H27ClN2O3/c1-17(19-6-5-7-20(27)16-19)28-25(30)18-12-14-29(15-13-18)26(31)23-10-11-24(32-2)22-9-4-3-8-21(22)23/h3-11,16-18H,12-15H2,1-2H3,(H,28,30)/t17-/m1/s1. The third-order valence-electron chi connectivity index (χ3n) is 6.19. The highest BCUT2D eigenvalue weighted by Crippen LogP contribution is 2.30. The molecule has 1 aliphatic rings. The highest BCUT2D eigenvalue weighted by atomic mass is 35.5. The first kappa shape index (κ1) is 22.2. The Labute approximate surface area is 193 Å². The minimum absolute atomic E-state index is 0.00462. The minimum atomic E-state index is -0.119. The lowest BCUT2D eigenvalue weighted by Gasteiger charge is -2.32. The Hall–Kier alpha value is -3.05. The molecule has 2 amide bonds. The van der Waals surface area contributed by atoms with Crippen LogP contribution in [0, 0.1) is 5.92 Å². The Morgan fingerprint density at radius 1 is 1.03 bits per heavy atom. The van der Waals surface area contributed by atoms with Crippen LogP contribution >= 0.6 is 11.6 Å². The molecule has 6 heteroatoms. The highest BCUT2D eigenvalue weighted by Gasteiger charge is 2.29. The number of fused-ring (bicyclic) bond motifs is 1. The molecule has 0 spiro atoms. The van der Waals surface area contributed by atoms with E-state index in [1.807, 2.05) is 72.5 Å². The van der Waals surface area contributed by atoms with Gasteiger partial charge in [-0.2, -0.15) is 0 Å². The number of carbonyl (C=O) groups excluding carboxylic acids is 2. The van der Waals surface area contributed by atoms with Gasteiger partial charge in [-0.05, 0) is 55.0 Å². The molecule has 3 aromatic rings. The number of nitrogens with zero attached hydrogens (tertiary/aromatic N) is 1. The van der Waals surface area contributed by atoms with E-state index < -0.39 is 0 Å². The first-order chi connectivity index (χ1) is 15.5. The van der Waals surface area contributed by atoms with E-state index in [4.69, 9.17) is 16.3 Å². The Balaban J connectivity index is 1.40. The lowest BCUT2D eigenvalue weighted by molar-refractivity contribution is -0.127. The maximum absolute atomic E-state index is 13.3. The predicted molar refractivity (Wildman–Crippen MR) is 127 cm³/mol. The van der Waals surface area contributed by atoms with Crippen molar-refractivity contribution in [1.82, 2.24) is 10.2 Å². The van der Waals surface area contributed by atoms with E-state index in [0.29, 0.717) is 36.5 Å². The van der Waals surface area contributed by atoms with E-state index in [-0.39, 0.29) is 23.8 Å². The van der Waals surface area contributed by atoms with Gasteiger partial charge in [0, 0.05) is 35.0 Å². The topological polar surface area (TPSA) is 58.6 Å². The second-order valence-corrected chi connectivity index (χ2v) is 8.65. The fraction of sp³-hybridized carbons (Fsp3) is 0.308. The summed E-state index contributed by atoms with van der Waals surface area (Å²) in [5.41, 5.74) is 1.64. The van der Waals surface area contributed by atoms with Crippen LogP contribution in [0.4, 0.5) is 0 Å².